The summed E-state index contributed by atoms with van der Waals surface area (Å²) >= 11 is 0. The lowest BCUT2D eigenvalue weighted by Crippen LogP contribution is -2.53. The van der Waals surface area contributed by atoms with Crippen molar-refractivity contribution in [2.75, 3.05) is 32.7 Å². The second-order valence-corrected chi connectivity index (χ2v) is 13.5. The number of hydrogen-bond acceptors (Lipinski definition) is 3. The molecule has 0 unspecified atom stereocenters. The number of nitrogens with zero attached hydrogens (tertiary/aromatic N) is 3. The lowest BCUT2D eigenvalue weighted by molar-refractivity contribution is 0.249. The van der Waals surface area contributed by atoms with Crippen LogP contribution in [0.1, 0.15) is 33.6 Å². The molecule has 0 aromatic heterocycles. The maximum absolute atomic E-state index is 4.78. The topological polar surface area (TPSA) is 18.8 Å². The Morgan fingerprint density at radius 2 is 1.79 bits per heavy atom. The van der Waals surface area contributed by atoms with Crippen LogP contribution in [-0.2, 0) is 0 Å². The molecule has 2 aliphatic rings. The first-order valence-electron chi connectivity index (χ1n) is 7.86. The van der Waals surface area contributed by atoms with Gasteiger partial charge in [-0.05, 0) is 23.9 Å². The minimum atomic E-state index is -1.16. The first-order valence-corrected chi connectivity index (χ1v) is 11.1. The Kier molecular flexibility index (Phi) is 4.28. The minimum absolute atomic E-state index is 0.497. The summed E-state index contributed by atoms with van der Waals surface area (Å²) in [6.45, 7) is 18.2. The molecule has 0 aromatic carbocycles. The monoisotopic (exact) mass is 281 g/mol. The van der Waals surface area contributed by atoms with Gasteiger partial charge < -0.3 is 9.80 Å². The fourth-order valence-electron chi connectivity index (χ4n) is 2.71. The van der Waals surface area contributed by atoms with E-state index in [1.54, 1.807) is 0 Å². The summed E-state index contributed by atoms with van der Waals surface area (Å²) in [6, 6.07) is 1.38. The number of guanidine groups is 1. The van der Waals surface area contributed by atoms with E-state index in [4.69, 9.17) is 4.99 Å². The van der Waals surface area contributed by atoms with Gasteiger partial charge in [-0.15, -0.1) is 0 Å². The standard InChI is InChI=1S/C15H31N3Si/c1-15(2,3)19(4,5)13-12-18-11-7-10-17-9-6-8-16-14(17)18/h6-13H2,1-5H3. The molecular formula is C15H31N3Si. The maximum atomic E-state index is 4.78. The lowest BCUT2D eigenvalue weighted by Gasteiger charge is -2.43. The average Bonchev–Trinajstić information content (AvgIpc) is 2.35. The summed E-state index contributed by atoms with van der Waals surface area (Å²) in [5.74, 6) is 1.30. The van der Waals surface area contributed by atoms with Crippen LogP contribution < -0.4 is 0 Å². The van der Waals surface area contributed by atoms with E-state index in [-0.39, 0.29) is 0 Å². The lowest BCUT2D eigenvalue weighted by atomic mass is 10.2. The molecule has 2 rings (SSSR count). The molecule has 4 heteroatoms. The van der Waals surface area contributed by atoms with E-state index in [1.807, 2.05) is 0 Å². The predicted molar refractivity (Wildman–Crippen MR) is 86.7 cm³/mol. The minimum Gasteiger partial charge on any atom is -0.343 e. The summed E-state index contributed by atoms with van der Waals surface area (Å²) in [5, 5.41) is 0.497. The van der Waals surface area contributed by atoms with Crippen molar-refractivity contribution in [3.05, 3.63) is 0 Å². The molecule has 0 saturated carbocycles. The van der Waals surface area contributed by atoms with E-state index in [0.29, 0.717) is 5.04 Å². The highest BCUT2D eigenvalue weighted by Crippen LogP contribution is 2.38. The van der Waals surface area contributed by atoms with E-state index < -0.39 is 8.07 Å². The van der Waals surface area contributed by atoms with Crippen LogP contribution in [0, 0.1) is 0 Å². The normalized spacial score (nSPS) is 21.2. The van der Waals surface area contributed by atoms with Gasteiger partial charge in [-0.2, -0.15) is 0 Å². The highest BCUT2D eigenvalue weighted by atomic mass is 28.3. The SMILES string of the molecule is CC(C)(C)[Si](C)(C)CCN1CCCN2CCCN=C21. The molecule has 0 aromatic rings. The van der Waals surface area contributed by atoms with E-state index in [2.05, 4.69) is 43.7 Å². The number of fused-ring (bicyclic) bond motifs is 1. The molecule has 0 N–H and O–H groups in total. The first kappa shape index (κ1) is 14.9. The van der Waals surface area contributed by atoms with Crippen LogP contribution in [0.25, 0.3) is 0 Å². The molecule has 0 aliphatic carbocycles. The molecule has 0 radical (unpaired) electrons. The van der Waals surface area contributed by atoms with E-state index >= 15 is 0 Å². The Labute approximate surface area is 120 Å². The van der Waals surface area contributed by atoms with Crippen LogP contribution >= 0.6 is 0 Å². The summed E-state index contributed by atoms with van der Waals surface area (Å²) in [4.78, 5) is 9.84. The fourth-order valence-corrected chi connectivity index (χ4v) is 4.29. The summed E-state index contributed by atoms with van der Waals surface area (Å²) in [7, 11) is -1.16. The molecule has 0 atom stereocenters. The van der Waals surface area contributed by atoms with E-state index in [1.165, 1.54) is 51.0 Å². The van der Waals surface area contributed by atoms with Crippen molar-refractivity contribution in [1.29, 1.82) is 0 Å². The molecular weight excluding hydrogens is 250 g/mol. The largest absolute Gasteiger partial charge is 0.343 e. The van der Waals surface area contributed by atoms with Crippen molar-refractivity contribution in [3.8, 4) is 0 Å². The summed E-state index contributed by atoms with van der Waals surface area (Å²) in [5.41, 5.74) is 0. The van der Waals surface area contributed by atoms with Gasteiger partial charge in [-0.1, -0.05) is 33.9 Å². The van der Waals surface area contributed by atoms with Gasteiger partial charge in [0, 0.05) is 32.7 Å². The molecule has 0 amide bonds. The van der Waals surface area contributed by atoms with Gasteiger partial charge in [-0.3, -0.25) is 4.99 Å². The van der Waals surface area contributed by atoms with Gasteiger partial charge >= 0.3 is 0 Å². The second-order valence-electron chi connectivity index (χ2n) is 7.75. The van der Waals surface area contributed by atoms with Crippen molar-refractivity contribution >= 4 is 14.0 Å². The Balaban J connectivity index is 1.97. The van der Waals surface area contributed by atoms with Gasteiger partial charge in [-0.25, -0.2) is 0 Å². The highest BCUT2D eigenvalue weighted by molar-refractivity contribution is 6.80. The zero-order valence-corrected chi connectivity index (χ0v) is 14.5. The zero-order valence-electron chi connectivity index (χ0n) is 13.5. The van der Waals surface area contributed by atoms with Crippen LogP contribution in [0.2, 0.25) is 24.2 Å². The third-order valence-electron chi connectivity index (χ3n) is 5.30. The van der Waals surface area contributed by atoms with Crippen molar-refractivity contribution in [2.24, 2.45) is 4.99 Å². The van der Waals surface area contributed by atoms with Crippen LogP contribution in [0.5, 0.6) is 0 Å². The third-order valence-corrected chi connectivity index (χ3v) is 10.8. The van der Waals surface area contributed by atoms with E-state index in [9.17, 15) is 0 Å². The predicted octanol–water partition coefficient (Wildman–Crippen LogP) is 3.26. The molecule has 1 saturated heterocycles. The van der Waals surface area contributed by atoms with Gasteiger partial charge in [0.1, 0.15) is 0 Å². The Morgan fingerprint density at radius 3 is 2.47 bits per heavy atom. The smallest absolute Gasteiger partial charge is 0.196 e. The molecule has 2 heterocycles. The third kappa shape index (κ3) is 3.33. The number of rotatable bonds is 3. The number of hydrogen-bond donors (Lipinski definition) is 0. The van der Waals surface area contributed by atoms with Gasteiger partial charge in [0.2, 0.25) is 0 Å². The Morgan fingerprint density at radius 1 is 1.11 bits per heavy atom. The van der Waals surface area contributed by atoms with Crippen LogP contribution in [0.15, 0.2) is 4.99 Å². The molecule has 0 spiro atoms. The molecule has 2 aliphatic heterocycles. The molecule has 19 heavy (non-hydrogen) atoms. The van der Waals surface area contributed by atoms with Gasteiger partial charge in [0.05, 0.1) is 8.07 Å². The van der Waals surface area contributed by atoms with Gasteiger partial charge in [0.25, 0.3) is 0 Å². The first-order chi connectivity index (χ1) is 8.81. The van der Waals surface area contributed by atoms with Crippen LogP contribution in [0.4, 0.5) is 0 Å². The Hall–Kier alpha value is -0.513. The van der Waals surface area contributed by atoms with Crippen molar-refractivity contribution < 1.29 is 0 Å². The van der Waals surface area contributed by atoms with Crippen LogP contribution in [-0.4, -0.2) is 56.6 Å². The van der Waals surface area contributed by atoms with E-state index in [0.717, 1.165) is 6.54 Å². The summed E-state index contributed by atoms with van der Waals surface area (Å²) in [6.07, 6.45) is 2.54. The van der Waals surface area contributed by atoms with Crippen molar-refractivity contribution in [2.45, 2.75) is 57.8 Å². The summed E-state index contributed by atoms with van der Waals surface area (Å²) < 4.78 is 0. The van der Waals surface area contributed by atoms with Crippen LogP contribution in [0.3, 0.4) is 0 Å². The molecule has 0 bridgehead atoms. The molecule has 1 fully saturated rings. The van der Waals surface area contributed by atoms with Gasteiger partial charge in [0.15, 0.2) is 5.96 Å². The number of aliphatic imine (C=N–C) groups is 1. The quantitative estimate of drug-likeness (QED) is 0.740. The highest BCUT2D eigenvalue weighted by Gasteiger charge is 2.36. The Bertz CT molecular complexity index is 344. The average molecular weight is 282 g/mol. The zero-order chi connectivity index (χ0) is 14.1. The fraction of sp³-hybridized carbons (Fsp3) is 0.933. The molecule has 110 valence electrons. The van der Waals surface area contributed by atoms with Crippen molar-refractivity contribution in [3.63, 3.8) is 0 Å². The molecule has 3 nitrogen and oxygen atoms in total. The second kappa shape index (κ2) is 5.47. The van der Waals surface area contributed by atoms with Crippen molar-refractivity contribution in [1.82, 2.24) is 9.80 Å². The maximum Gasteiger partial charge on any atom is 0.196 e.